The van der Waals surface area contributed by atoms with Crippen molar-refractivity contribution in [2.75, 3.05) is 0 Å². The van der Waals surface area contributed by atoms with Crippen molar-refractivity contribution in [1.82, 2.24) is 15.2 Å². The Morgan fingerprint density at radius 1 is 1.38 bits per heavy atom. The largest absolute Gasteiger partial charge is 0.506 e. The van der Waals surface area contributed by atoms with E-state index in [1.54, 1.807) is 18.3 Å². The monoisotopic (exact) mass is 305 g/mol. The molecule has 0 bridgehead atoms. The number of nitrogens with zero attached hydrogens (tertiary/aromatic N) is 3. The van der Waals surface area contributed by atoms with E-state index in [2.05, 4.69) is 37.8 Å². The molecule has 0 spiro atoms. The Bertz CT molecular complexity index is 431. The molecule has 0 saturated carbocycles. The second kappa shape index (κ2) is 3.54. The Morgan fingerprint density at radius 2 is 2.23 bits per heavy atom. The van der Waals surface area contributed by atoms with Gasteiger partial charge < -0.3 is 5.11 Å². The molecule has 66 valence electrons. The van der Waals surface area contributed by atoms with Gasteiger partial charge in [-0.05, 0) is 34.7 Å². The number of aromatic hydroxyl groups is 1. The molecule has 0 amide bonds. The zero-order valence-corrected chi connectivity index (χ0v) is 9.28. The molecule has 0 aliphatic rings. The zero-order valence-electron chi connectivity index (χ0n) is 6.31. The SMILES string of the molecule is Oc1cccnc1-c1nnc(I)s1. The number of hydrogen-bond donors (Lipinski definition) is 1. The lowest BCUT2D eigenvalue weighted by atomic mass is 10.3. The predicted octanol–water partition coefficient (Wildman–Crippen LogP) is 1.91. The highest BCUT2D eigenvalue weighted by atomic mass is 127. The van der Waals surface area contributed by atoms with E-state index in [1.807, 2.05) is 0 Å². The molecule has 0 aliphatic heterocycles. The summed E-state index contributed by atoms with van der Waals surface area (Å²) in [6, 6.07) is 3.25. The minimum atomic E-state index is 0.134. The van der Waals surface area contributed by atoms with Crippen LogP contribution in [0.3, 0.4) is 0 Å². The highest BCUT2D eigenvalue weighted by Crippen LogP contribution is 2.28. The molecule has 1 N–H and O–H groups in total. The van der Waals surface area contributed by atoms with Gasteiger partial charge in [0.1, 0.15) is 11.4 Å². The fourth-order valence-electron chi connectivity index (χ4n) is 0.863. The van der Waals surface area contributed by atoms with Crippen molar-refractivity contribution in [2.24, 2.45) is 0 Å². The number of rotatable bonds is 1. The molecule has 13 heavy (non-hydrogen) atoms. The first-order valence-corrected chi connectivity index (χ1v) is 5.30. The van der Waals surface area contributed by atoms with Crippen LogP contribution in [0.4, 0.5) is 0 Å². The predicted molar refractivity (Wildman–Crippen MR) is 57.5 cm³/mol. The summed E-state index contributed by atoms with van der Waals surface area (Å²) in [6.07, 6.45) is 1.61. The van der Waals surface area contributed by atoms with Gasteiger partial charge in [0.15, 0.2) is 8.02 Å². The Morgan fingerprint density at radius 3 is 2.85 bits per heavy atom. The summed E-state index contributed by atoms with van der Waals surface area (Å²) in [7, 11) is 0. The Labute approximate surface area is 91.8 Å². The lowest BCUT2D eigenvalue weighted by Crippen LogP contribution is -1.82. The van der Waals surface area contributed by atoms with Gasteiger partial charge in [-0.2, -0.15) is 0 Å². The van der Waals surface area contributed by atoms with Crippen molar-refractivity contribution in [3.63, 3.8) is 0 Å². The van der Waals surface area contributed by atoms with Crippen LogP contribution in [0.1, 0.15) is 0 Å². The molecule has 0 aliphatic carbocycles. The standard InChI is InChI=1S/C7H4IN3OS/c8-7-11-10-6(13-7)5-4(12)2-1-3-9-5/h1-3,12H. The first-order chi connectivity index (χ1) is 6.27. The molecular formula is C7H4IN3OS. The molecule has 4 nitrogen and oxygen atoms in total. The van der Waals surface area contributed by atoms with Crippen molar-refractivity contribution in [3.8, 4) is 16.5 Å². The Kier molecular flexibility index (Phi) is 2.40. The highest BCUT2D eigenvalue weighted by molar-refractivity contribution is 14.1. The second-order valence-electron chi connectivity index (χ2n) is 2.23. The Hall–Kier alpha value is -0.760. The summed E-state index contributed by atoms with van der Waals surface area (Å²) in [5.41, 5.74) is 0.489. The minimum absolute atomic E-state index is 0.134. The lowest BCUT2D eigenvalue weighted by Gasteiger charge is -1.95. The average molecular weight is 305 g/mol. The molecule has 2 heterocycles. The van der Waals surface area contributed by atoms with Gasteiger partial charge in [0.2, 0.25) is 0 Å². The molecule has 0 aromatic carbocycles. The van der Waals surface area contributed by atoms with Gasteiger partial charge in [-0.1, -0.05) is 11.3 Å². The molecule has 0 atom stereocenters. The number of pyridine rings is 1. The van der Waals surface area contributed by atoms with Crippen molar-refractivity contribution in [1.29, 1.82) is 0 Å². The van der Waals surface area contributed by atoms with Crippen LogP contribution in [0.2, 0.25) is 0 Å². The maximum atomic E-state index is 9.45. The van der Waals surface area contributed by atoms with E-state index in [-0.39, 0.29) is 5.75 Å². The molecule has 0 unspecified atom stereocenters. The Balaban J connectivity index is 2.52. The fraction of sp³-hybridized carbons (Fsp3) is 0. The van der Waals surface area contributed by atoms with Gasteiger partial charge in [-0.15, -0.1) is 10.2 Å². The molecule has 2 rings (SSSR count). The van der Waals surface area contributed by atoms with Crippen LogP contribution >= 0.6 is 33.9 Å². The third-order valence-corrected chi connectivity index (χ3v) is 2.98. The van der Waals surface area contributed by atoms with Crippen molar-refractivity contribution in [3.05, 3.63) is 21.3 Å². The summed E-state index contributed by atoms with van der Waals surface area (Å²) < 4.78 is 0.831. The van der Waals surface area contributed by atoms with Gasteiger partial charge in [0.05, 0.1) is 0 Å². The van der Waals surface area contributed by atoms with Crippen LogP contribution in [0.25, 0.3) is 10.7 Å². The topological polar surface area (TPSA) is 58.9 Å². The highest BCUT2D eigenvalue weighted by Gasteiger charge is 2.09. The third-order valence-electron chi connectivity index (χ3n) is 1.39. The van der Waals surface area contributed by atoms with Gasteiger partial charge in [0, 0.05) is 6.20 Å². The van der Waals surface area contributed by atoms with E-state index in [4.69, 9.17) is 0 Å². The molecule has 6 heteroatoms. The third kappa shape index (κ3) is 1.78. The van der Waals surface area contributed by atoms with Crippen LogP contribution in [-0.2, 0) is 0 Å². The summed E-state index contributed by atoms with van der Waals surface area (Å²) in [5.74, 6) is 0.134. The van der Waals surface area contributed by atoms with E-state index in [9.17, 15) is 5.11 Å². The quantitative estimate of drug-likeness (QED) is 0.818. The average Bonchev–Trinajstić information content (AvgIpc) is 2.53. The van der Waals surface area contributed by atoms with Gasteiger partial charge in [-0.25, -0.2) is 4.98 Å². The van der Waals surface area contributed by atoms with Crippen LogP contribution in [0.15, 0.2) is 18.3 Å². The van der Waals surface area contributed by atoms with Crippen molar-refractivity contribution in [2.45, 2.75) is 0 Å². The molecule has 0 radical (unpaired) electrons. The molecule has 2 aromatic rings. The van der Waals surface area contributed by atoms with Gasteiger partial charge >= 0.3 is 0 Å². The van der Waals surface area contributed by atoms with Crippen molar-refractivity contribution >= 4 is 33.9 Å². The summed E-state index contributed by atoms with van der Waals surface area (Å²) in [5, 5.41) is 17.8. The molecule has 0 fully saturated rings. The van der Waals surface area contributed by atoms with Gasteiger partial charge in [0.25, 0.3) is 0 Å². The molecule has 2 aromatic heterocycles. The van der Waals surface area contributed by atoms with Crippen LogP contribution in [-0.4, -0.2) is 20.3 Å². The van der Waals surface area contributed by atoms with Crippen molar-refractivity contribution < 1.29 is 5.11 Å². The number of aromatic nitrogens is 3. The van der Waals surface area contributed by atoms with E-state index >= 15 is 0 Å². The van der Waals surface area contributed by atoms with Gasteiger partial charge in [-0.3, -0.25) is 0 Å². The molecular weight excluding hydrogens is 301 g/mol. The first-order valence-electron chi connectivity index (χ1n) is 3.41. The summed E-state index contributed by atoms with van der Waals surface area (Å²) >= 11 is 3.47. The maximum absolute atomic E-state index is 9.45. The minimum Gasteiger partial charge on any atom is -0.506 e. The maximum Gasteiger partial charge on any atom is 0.178 e. The van der Waals surface area contributed by atoms with Crippen LogP contribution in [0.5, 0.6) is 5.75 Å². The smallest absolute Gasteiger partial charge is 0.178 e. The van der Waals surface area contributed by atoms with E-state index in [0.717, 1.165) is 3.01 Å². The van der Waals surface area contributed by atoms with E-state index < -0.39 is 0 Å². The summed E-state index contributed by atoms with van der Waals surface area (Å²) in [6.45, 7) is 0. The van der Waals surface area contributed by atoms with Crippen LogP contribution < -0.4 is 0 Å². The van der Waals surface area contributed by atoms with Crippen LogP contribution in [0, 0.1) is 3.01 Å². The fourth-order valence-corrected chi connectivity index (χ4v) is 2.17. The number of hydrogen-bond acceptors (Lipinski definition) is 5. The van der Waals surface area contributed by atoms with E-state index in [0.29, 0.717) is 10.7 Å². The lowest BCUT2D eigenvalue weighted by molar-refractivity contribution is 0.475. The molecule has 0 saturated heterocycles. The van der Waals surface area contributed by atoms with E-state index in [1.165, 1.54) is 11.3 Å². The zero-order chi connectivity index (χ0) is 9.26. The summed E-state index contributed by atoms with van der Waals surface area (Å²) in [4.78, 5) is 4.02. The number of halogens is 1. The second-order valence-corrected chi connectivity index (χ2v) is 4.96. The normalized spacial score (nSPS) is 10.2. The first kappa shape index (κ1) is 8.82.